The van der Waals surface area contributed by atoms with E-state index in [9.17, 15) is 4.79 Å². The van der Waals surface area contributed by atoms with Gasteiger partial charge in [-0.05, 0) is 24.3 Å². The van der Waals surface area contributed by atoms with Crippen molar-refractivity contribution in [3.8, 4) is 11.5 Å². The predicted molar refractivity (Wildman–Crippen MR) is 108 cm³/mol. The van der Waals surface area contributed by atoms with Crippen molar-refractivity contribution >= 4 is 34.0 Å². The molecule has 8 heteroatoms. The molecular formula is C21H15N5O3. The minimum atomic E-state index is -0.356. The number of para-hydroxylation sites is 1. The summed E-state index contributed by atoms with van der Waals surface area (Å²) in [5, 5.41) is 6.91. The lowest BCUT2D eigenvalue weighted by molar-refractivity contribution is 0.102. The van der Waals surface area contributed by atoms with Crippen LogP contribution in [0.1, 0.15) is 10.5 Å². The van der Waals surface area contributed by atoms with E-state index in [0.717, 1.165) is 16.6 Å². The topological polar surface area (TPSA) is 98.3 Å². The summed E-state index contributed by atoms with van der Waals surface area (Å²) in [6.45, 7) is 0.217. The van der Waals surface area contributed by atoms with Gasteiger partial charge in [-0.2, -0.15) is 0 Å². The van der Waals surface area contributed by atoms with E-state index in [1.54, 1.807) is 12.3 Å². The average molecular weight is 385 g/mol. The lowest BCUT2D eigenvalue weighted by atomic mass is 10.2. The van der Waals surface area contributed by atoms with E-state index in [0.29, 0.717) is 23.0 Å². The number of pyridine rings is 1. The Kier molecular flexibility index (Phi) is 4.14. The SMILES string of the molecule is O=C(Nc1cccc2cccnc12)c1cnc(Nc2ccc3c(c2)OCO3)cn1. The summed E-state index contributed by atoms with van der Waals surface area (Å²) in [7, 11) is 0. The van der Waals surface area contributed by atoms with Gasteiger partial charge in [-0.3, -0.25) is 9.78 Å². The maximum Gasteiger partial charge on any atom is 0.275 e. The van der Waals surface area contributed by atoms with Crippen molar-refractivity contribution < 1.29 is 14.3 Å². The van der Waals surface area contributed by atoms with Crippen LogP contribution in [0, 0.1) is 0 Å². The van der Waals surface area contributed by atoms with Crippen LogP contribution < -0.4 is 20.1 Å². The predicted octanol–water partition coefficient (Wildman–Crippen LogP) is 3.75. The Morgan fingerprint density at radius 3 is 2.72 bits per heavy atom. The number of carbonyl (C=O) groups is 1. The second-order valence-corrected chi connectivity index (χ2v) is 6.31. The van der Waals surface area contributed by atoms with Crippen LogP contribution in [-0.4, -0.2) is 27.7 Å². The van der Waals surface area contributed by atoms with Gasteiger partial charge in [0.05, 0.1) is 23.6 Å². The smallest absolute Gasteiger partial charge is 0.275 e. The number of rotatable bonds is 4. The monoisotopic (exact) mass is 385 g/mol. The lowest BCUT2D eigenvalue weighted by Crippen LogP contribution is -2.14. The van der Waals surface area contributed by atoms with Crippen molar-refractivity contribution in [3.05, 3.63) is 72.8 Å². The van der Waals surface area contributed by atoms with Gasteiger partial charge in [0.2, 0.25) is 6.79 Å². The van der Waals surface area contributed by atoms with Gasteiger partial charge < -0.3 is 20.1 Å². The van der Waals surface area contributed by atoms with Crippen molar-refractivity contribution in [2.45, 2.75) is 0 Å². The van der Waals surface area contributed by atoms with E-state index in [2.05, 4.69) is 25.6 Å². The zero-order valence-electron chi connectivity index (χ0n) is 15.1. The number of carbonyl (C=O) groups excluding carboxylic acids is 1. The van der Waals surface area contributed by atoms with Crippen molar-refractivity contribution in [2.75, 3.05) is 17.4 Å². The van der Waals surface area contributed by atoms with Gasteiger partial charge in [-0.1, -0.05) is 18.2 Å². The van der Waals surface area contributed by atoms with E-state index in [-0.39, 0.29) is 18.4 Å². The highest BCUT2D eigenvalue weighted by Gasteiger charge is 2.14. The first-order valence-corrected chi connectivity index (χ1v) is 8.90. The maximum atomic E-state index is 12.6. The summed E-state index contributed by atoms with van der Waals surface area (Å²) < 4.78 is 10.7. The Morgan fingerprint density at radius 2 is 1.83 bits per heavy atom. The van der Waals surface area contributed by atoms with Crippen LogP contribution in [0.5, 0.6) is 11.5 Å². The molecular weight excluding hydrogens is 370 g/mol. The van der Waals surface area contributed by atoms with Crippen LogP contribution >= 0.6 is 0 Å². The number of hydrogen-bond acceptors (Lipinski definition) is 7. The molecule has 0 aliphatic carbocycles. The van der Waals surface area contributed by atoms with Gasteiger partial charge in [0.15, 0.2) is 11.5 Å². The van der Waals surface area contributed by atoms with Crippen LogP contribution in [-0.2, 0) is 0 Å². The molecule has 29 heavy (non-hydrogen) atoms. The van der Waals surface area contributed by atoms with E-state index in [1.165, 1.54) is 12.4 Å². The van der Waals surface area contributed by atoms with Gasteiger partial charge in [-0.25, -0.2) is 9.97 Å². The fourth-order valence-electron chi connectivity index (χ4n) is 3.02. The molecule has 2 N–H and O–H groups in total. The molecule has 1 amide bonds. The van der Waals surface area contributed by atoms with Crippen LogP contribution in [0.2, 0.25) is 0 Å². The molecule has 0 saturated carbocycles. The van der Waals surface area contributed by atoms with Crippen LogP contribution in [0.25, 0.3) is 10.9 Å². The van der Waals surface area contributed by atoms with Crippen molar-refractivity contribution in [1.29, 1.82) is 0 Å². The number of amides is 1. The van der Waals surface area contributed by atoms with Gasteiger partial charge >= 0.3 is 0 Å². The minimum absolute atomic E-state index is 0.203. The Labute approximate surface area is 165 Å². The number of fused-ring (bicyclic) bond motifs is 2. The summed E-state index contributed by atoms with van der Waals surface area (Å²) in [5.74, 6) is 1.52. The number of aromatic nitrogens is 3. The minimum Gasteiger partial charge on any atom is -0.454 e. The molecule has 4 aromatic rings. The summed E-state index contributed by atoms with van der Waals surface area (Å²) in [4.78, 5) is 25.4. The molecule has 0 radical (unpaired) electrons. The van der Waals surface area contributed by atoms with E-state index in [1.807, 2.05) is 42.5 Å². The fraction of sp³-hybridized carbons (Fsp3) is 0.0476. The zero-order chi connectivity index (χ0) is 19.6. The molecule has 2 aromatic heterocycles. The first-order chi connectivity index (χ1) is 14.3. The molecule has 0 fully saturated rings. The summed E-state index contributed by atoms with van der Waals surface area (Å²) in [6.07, 6.45) is 4.61. The quantitative estimate of drug-likeness (QED) is 0.552. The molecule has 0 unspecified atom stereocenters. The Morgan fingerprint density at radius 1 is 0.931 bits per heavy atom. The van der Waals surface area contributed by atoms with Gasteiger partial charge in [0.1, 0.15) is 11.5 Å². The second kappa shape index (κ2) is 7.08. The number of nitrogens with zero attached hydrogens (tertiary/aromatic N) is 3. The third-order valence-corrected chi connectivity index (χ3v) is 4.41. The number of anilines is 3. The third kappa shape index (κ3) is 3.39. The molecule has 0 bridgehead atoms. The third-order valence-electron chi connectivity index (χ3n) is 4.41. The highest BCUT2D eigenvalue weighted by atomic mass is 16.7. The van der Waals surface area contributed by atoms with Gasteiger partial charge in [0, 0.05) is 23.3 Å². The fourth-order valence-corrected chi connectivity index (χ4v) is 3.02. The summed E-state index contributed by atoms with van der Waals surface area (Å²) in [6, 6.07) is 14.9. The molecule has 0 saturated heterocycles. The first-order valence-electron chi connectivity index (χ1n) is 8.90. The number of hydrogen-bond donors (Lipinski definition) is 2. The second-order valence-electron chi connectivity index (χ2n) is 6.31. The molecule has 1 aliphatic heterocycles. The molecule has 0 atom stereocenters. The molecule has 5 rings (SSSR count). The Bertz CT molecular complexity index is 1210. The van der Waals surface area contributed by atoms with Crippen LogP contribution in [0.4, 0.5) is 17.2 Å². The average Bonchev–Trinajstić information content (AvgIpc) is 3.22. The molecule has 142 valence electrons. The maximum absolute atomic E-state index is 12.6. The number of nitrogens with one attached hydrogen (secondary N) is 2. The normalized spacial score (nSPS) is 12.0. The standard InChI is InChI=1S/C21H15N5O3/c27-21(26-15-5-1-3-13-4-2-8-22-20(13)15)16-10-24-19(11-23-16)25-14-6-7-17-18(9-14)29-12-28-17/h1-11H,12H2,(H,24,25)(H,26,27). The van der Waals surface area contributed by atoms with Crippen molar-refractivity contribution in [2.24, 2.45) is 0 Å². The van der Waals surface area contributed by atoms with Crippen molar-refractivity contribution in [1.82, 2.24) is 15.0 Å². The zero-order valence-corrected chi connectivity index (χ0v) is 15.1. The molecule has 3 heterocycles. The van der Waals surface area contributed by atoms with Crippen molar-refractivity contribution in [3.63, 3.8) is 0 Å². The molecule has 0 spiro atoms. The van der Waals surface area contributed by atoms with Crippen LogP contribution in [0.3, 0.4) is 0 Å². The highest BCUT2D eigenvalue weighted by molar-refractivity contribution is 6.07. The van der Waals surface area contributed by atoms with E-state index in [4.69, 9.17) is 9.47 Å². The number of ether oxygens (including phenoxy) is 2. The van der Waals surface area contributed by atoms with Gasteiger partial charge in [0.25, 0.3) is 5.91 Å². The first kappa shape index (κ1) is 16.9. The molecule has 1 aliphatic rings. The van der Waals surface area contributed by atoms with E-state index >= 15 is 0 Å². The lowest BCUT2D eigenvalue weighted by Gasteiger charge is -2.09. The Balaban J connectivity index is 1.31. The summed E-state index contributed by atoms with van der Waals surface area (Å²) >= 11 is 0. The Hall–Kier alpha value is -4.20. The largest absolute Gasteiger partial charge is 0.454 e. The molecule has 2 aromatic carbocycles. The molecule has 8 nitrogen and oxygen atoms in total. The number of benzene rings is 2. The van der Waals surface area contributed by atoms with Crippen LogP contribution in [0.15, 0.2) is 67.1 Å². The van der Waals surface area contributed by atoms with Gasteiger partial charge in [-0.15, -0.1) is 0 Å². The van der Waals surface area contributed by atoms with E-state index < -0.39 is 0 Å². The highest BCUT2D eigenvalue weighted by Crippen LogP contribution is 2.34. The summed E-state index contributed by atoms with van der Waals surface area (Å²) in [5.41, 5.74) is 2.33.